The van der Waals surface area contributed by atoms with Gasteiger partial charge in [0.2, 0.25) is 21.8 Å². The normalized spacial score (nSPS) is 12.2. The summed E-state index contributed by atoms with van der Waals surface area (Å²) in [6.45, 7) is 3.25. The van der Waals surface area contributed by atoms with E-state index in [9.17, 15) is 18.0 Å². The van der Waals surface area contributed by atoms with Gasteiger partial charge in [-0.2, -0.15) is 0 Å². The lowest BCUT2D eigenvalue weighted by atomic mass is 10.1. The van der Waals surface area contributed by atoms with Gasteiger partial charge in [0, 0.05) is 29.2 Å². The van der Waals surface area contributed by atoms with E-state index in [0.717, 1.165) is 22.5 Å². The molecule has 0 radical (unpaired) electrons. The minimum Gasteiger partial charge on any atom is -0.357 e. The average Bonchev–Trinajstić information content (AvgIpc) is 2.78. The van der Waals surface area contributed by atoms with Crippen molar-refractivity contribution in [2.45, 2.75) is 39.3 Å². The van der Waals surface area contributed by atoms with Gasteiger partial charge >= 0.3 is 0 Å². The van der Waals surface area contributed by atoms with Gasteiger partial charge in [0.05, 0.1) is 11.9 Å². The summed E-state index contributed by atoms with van der Waals surface area (Å²) in [4.78, 5) is 27.4. The zero-order valence-corrected chi connectivity index (χ0v) is 21.5. The number of amides is 2. The summed E-state index contributed by atoms with van der Waals surface area (Å²) in [6.07, 6.45) is 2.16. The molecule has 0 saturated carbocycles. The van der Waals surface area contributed by atoms with Crippen LogP contribution in [-0.2, 0) is 32.6 Å². The molecule has 2 rings (SSSR count). The lowest BCUT2D eigenvalue weighted by Gasteiger charge is -2.33. The van der Waals surface area contributed by atoms with E-state index in [0.29, 0.717) is 27.7 Å². The number of carbonyl (C=O) groups is 2. The Morgan fingerprint density at radius 3 is 2.06 bits per heavy atom. The maximum atomic E-state index is 13.5. The number of hydrogen-bond donors (Lipinski definition) is 1. The highest BCUT2D eigenvalue weighted by atomic mass is 35.5. The van der Waals surface area contributed by atoms with E-state index in [1.54, 1.807) is 37.3 Å². The second kappa shape index (κ2) is 11.7. The molecule has 2 aromatic rings. The fourth-order valence-corrected chi connectivity index (χ4v) is 4.82. The van der Waals surface area contributed by atoms with Crippen LogP contribution < -0.4 is 9.62 Å². The van der Waals surface area contributed by atoms with Crippen LogP contribution in [0.25, 0.3) is 0 Å². The van der Waals surface area contributed by atoms with E-state index >= 15 is 0 Å². The smallest absolute Gasteiger partial charge is 0.244 e. The van der Waals surface area contributed by atoms with Crippen LogP contribution in [0.1, 0.15) is 31.4 Å². The van der Waals surface area contributed by atoms with Crippen molar-refractivity contribution in [2.24, 2.45) is 0 Å². The monoisotopic (exact) mass is 513 g/mol. The number of aryl methyl sites for hydroxylation is 1. The Hall–Kier alpha value is -2.29. The Morgan fingerprint density at radius 2 is 1.61 bits per heavy atom. The first-order chi connectivity index (χ1) is 15.5. The third-order valence-corrected chi connectivity index (χ3v) is 7.18. The van der Waals surface area contributed by atoms with E-state index in [1.165, 1.54) is 11.9 Å². The Morgan fingerprint density at radius 1 is 1.03 bits per heavy atom. The number of carbonyl (C=O) groups excluding carboxylic acids is 2. The second-order valence-corrected chi connectivity index (χ2v) is 10.3. The van der Waals surface area contributed by atoms with Gasteiger partial charge in [-0.3, -0.25) is 13.9 Å². The summed E-state index contributed by atoms with van der Waals surface area (Å²) < 4.78 is 26.2. The highest BCUT2D eigenvalue weighted by Gasteiger charge is 2.32. The molecule has 1 N–H and O–H groups in total. The zero-order chi connectivity index (χ0) is 24.8. The number of nitrogens with zero attached hydrogens (tertiary/aromatic N) is 2. The Labute approximate surface area is 205 Å². The third kappa shape index (κ3) is 6.85. The average molecular weight is 514 g/mol. The molecule has 0 aliphatic rings. The van der Waals surface area contributed by atoms with Crippen molar-refractivity contribution in [1.82, 2.24) is 10.2 Å². The summed E-state index contributed by atoms with van der Waals surface area (Å²) >= 11 is 12.6. The van der Waals surface area contributed by atoms with Gasteiger partial charge in [0.1, 0.15) is 12.6 Å². The molecule has 33 heavy (non-hydrogen) atoms. The topological polar surface area (TPSA) is 86.8 Å². The molecule has 0 spiro atoms. The minimum absolute atomic E-state index is 0.0460. The molecule has 0 bridgehead atoms. The van der Waals surface area contributed by atoms with Gasteiger partial charge in [-0.1, -0.05) is 55.2 Å². The quantitative estimate of drug-likeness (QED) is 0.522. The highest BCUT2D eigenvalue weighted by molar-refractivity contribution is 7.92. The van der Waals surface area contributed by atoms with Gasteiger partial charge in [-0.25, -0.2) is 8.42 Å². The van der Waals surface area contributed by atoms with E-state index in [1.807, 2.05) is 19.1 Å². The van der Waals surface area contributed by atoms with Crippen molar-refractivity contribution in [3.05, 3.63) is 63.6 Å². The van der Waals surface area contributed by atoms with Crippen molar-refractivity contribution in [2.75, 3.05) is 24.2 Å². The predicted octanol–water partition coefficient (Wildman–Crippen LogP) is 3.88. The summed E-state index contributed by atoms with van der Waals surface area (Å²) in [5.74, 6) is -0.918. The first kappa shape index (κ1) is 27.0. The molecule has 1 atom stereocenters. The molecule has 7 nitrogen and oxygen atoms in total. The van der Waals surface area contributed by atoms with Gasteiger partial charge in [-0.05, 0) is 42.7 Å². The molecule has 180 valence electrons. The Kier molecular flexibility index (Phi) is 9.57. The van der Waals surface area contributed by atoms with Gasteiger partial charge in [-0.15, -0.1) is 0 Å². The number of anilines is 1. The zero-order valence-electron chi connectivity index (χ0n) is 19.1. The molecule has 0 aliphatic carbocycles. The Balaban J connectivity index is 2.47. The van der Waals surface area contributed by atoms with Crippen LogP contribution in [0.3, 0.4) is 0 Å². The van der Waals surface area contributed by atoms with Crippen LogP contribution in [0.2, 0.25) is 10.0 Å². The van der Waals surface area contributed by atoms with Crippen LogP contribution in [0.5, 0.6) is 0 Å². The largest absolute Gasteiger partial charge is 0.357 e. The van der Waals surface area contributed by atoms with Crippen molar-refractivity contribution in [1.29, 1.82) is 0 Å². The van der Waals surface area contributed by atoms with Gasteiger partial charge in [0.15, 0.2) is 0 Å². The molecular formula is C23H29Cl2N3O4S. The third-order valence-electron chi connectivity index (χ3n) is 5.33. The van der Waals surface area contributed by atoms with Crippen molar-refractivity contribution < 1.29 is 18.0 Å². The second-order valence-electron chi connectivity index (χ2n) is 7.55. The maximum absolute atomic E-state index is 13.5. The molecule has 10 heteroatoms. The fraction of sp³-hybridized carbons (Fsp3) is 0.391. The molecule has 0 heterocycles. The first-order valence-corrected chi connectivity index (χ1v) is 13.1. The molecule has 0 aromatic heterocycles. The van der Waals surface area contributed by atoms with Gasteiger partial charge < -0.3 is 10.2 Å². The number of hydrogen-bond acceptors (Lipinski definition) is 4. The van der Waals surface area contributed by atoms with Crippen LogP contribution in [0, 0.1) is 0 Å². The predicted molar refractivity (Wildman–Crippen MR) is 133 cm³/mol. The van der Waals surface area contributed by atoms with E-state index in [2.05, 4.69) is 5.32 Å². The number of likely N-dealkylation sites (N-methyl/N-ethyl adjacent to an activating group) is 1. The molecular weight excluding hydrogens is 485 g/mol. The molecule has 2 aromatic carbocycles. The lowest BCUT2D eigenvalue weighted by molar-refractivity contribution is -0.140. The number of sulfonamides is 1. The van der Waals surface area contributed by atoms with Crippen LogP contribution in [0.4, 0.5) is 5.69 Å². The minimum atomic E-state index is -3.78. The molecule has 0 saturated heterocycles. The van der Waals surface area contributed by atoms with E-state index < -0.39 is 28.5 Å². The molecule has 2 amide bonds. The standard InChI is InChI=1S/C23H29Cl2N3O4S/c1-5-16-10-12-17(13-11-16)28(33(4,31)32)15-22(29)27(21(6-2)23(30)26-3)14-18-19(24)8-7-9-20(18)25/h7-13,21H,5-6,14-15H2,1-4H3,(H,26,30). The van der Waals surface area contributed by atoms with E-state index in [-0.39, 0.29) is 12.5 Å². The van der Waals surface area contributed by atoms with Crippen molar-refractivity contribution in [3.8, 4) is 0 Å². The molecule has 0 aliphatic heterocycles. The number of rotatable bonds is 10. The number of nitrogens with one attached hydrogen (secondary N) is 1. The van der Waals surface area contributed by atoms with Crippen LogP contribution in [0.15, 0.2) is 42.5 Å². The first-order valence-electron chi connectivity index (χ1n) is 10.5. The summed E-state index contributed by atoms with van der Waals surface area (Å²) in [5.41, 5.74) is 1.89. The fourth-order valence-electron chi connectivity index (χ4n) is 3.45. The van der Waals surface area contributed by atoms with Crippen molar-refractivity contribution >= 4 is 50.7 Å². The van der Waals surface area contributed by atoms with Crippen LogP contribution in [-0.4, -0.2) is 51.0 Å². The molecule has 0 fully saturated rings. The highest BCUT2D eigenvalue weighted by Crippen LogP contribution is 2.27. The van der Waals surface area contributed by atoms with E-state index in [4.69, 9.17) is 23.2 Å². The molecule has 1 unspecified atom stereocenters. The summed E-state index contributed by atoms with van der Waals surface area (Å²) in [6, 6.07) is 11.1. The number of benzene rings is 2. The lowest BCUT2D eigenvalue weighted by Crippen LogP contribution is -2.51. The van der Waals surface area contributed by atoms with Crippen molar-refractivity contribution in [3.63, 3.8) is 0 Å². The maximum Gasteiger partial charge on any atom is 0.244 e. The number of halogens is 2. The SMILES string of the molecule is CCc1ccc(N(CC(=O)N(Cc2c(Cl)cccc2Cl)C(CC)C(=O)NC)S(C)(=O)=O)cc1. The Bertz CT molecular complexity index is 1070. The van der Waals surface area contributed by atoms with Gasteiger partial charge in [0.25, 0.3) is 0 Å². The summed E-state index contributed by atoms with van der Waals surface area (Å²) in [5, 5.41) is 3.26. The summed E-state index contributed by atoms with van der Waals surface area (Å²) in [7, 11) is -2.30. The van der Waals surface area contributed by atoms with Crippen LogP contribution >= 0.6 is 23.2 Å².